The third-order valence-corrected chi connectivity index (χ3v) is 5.02. The van der Waals surface area contributed by atoms with Crippen LogP contribution in [0, 0.1) is 0 Å². The summed E-state index contributed by atoms with van der Waals surface area (Å²) >= 11 is 12.2. The Balaban J connectivity index is 1.68. The van der Waals surface area contributed by atoms with E-state index >= 15 is 0 Å². The zero-order valence-electron chi connectivity index (χ0n) is 14.6. The Morgan fingerprint density at radius 1 is 0.821 bits per heavy atom. The molecule has 0 radical (unpaired) electrons. The molecule has 0 aliphatic carbocycles. The van der Waals surface area contributed by atoms with Crippen LogP contribution in [0.15, 0.2) is 84.0 Å². The minimum absolute atomic E-state index is 0.329. The number of rotatable bonds is 4. The van der Waals surface area contributed by atoms with Gasteiger partial charge in [-0.05, 0) is 24.3 Å². The number of nitrogens with zero attached hydrogens (tertiary/aromatic N) is 1. The normalized spacial score (nSPS) is 11.6. The van der Waals surface area contributed by atoms with Gasteiger partial charge in [0.05, 0.1) is 15.8 Å². The fourth-order valence-electron chi connectivity index (χ4n) is 2.90. The van der Waals surface area contributed by atoms with E-state index in [4.69, 9.17) is 23.2 Å². The fraction of sp³-hybridized carbons (Fsp3) is 0. The number of fused-ring (bicyclic) bond motifs is 1. The van der Waals surface area contributed by atoms with Crippen molar-refractivity contribution in [2.45, 2.75) is 0 Å². The first-order chi connectivity index (χ1) is 13.6. The summed E-state index contributed by atoms with van der Waals surface area (Å²) in [6.07, 6.45) is 0. The van der Waals surface area contributed by atoms with Crippen LogP contribution < -0.4 is 5.43 Å². The second-order valence-electron chi connectivity index (χ2n) is 6.17. The van der Waals surface area contributed by atoms with E-state index < -0.39 is 0 Å². The van der Waals surface area contributed by atoms with Crippen LogP contribution in [-0.2, 0) is 0 Å². The first kappa shape index (κ1) is 18.3. The van der Waals surface area contributed by atoms with Gasteiger partial charge in [-0.15, -0.1) is 0 Å². The van der Waals surface area contributed by atoms with E-state index in [1.807, 2.05) is 60.7 Å². The van der Waals surface area contributed by atoms with E-state index in [2.05, 4.69) is 15.5 Å². The number of hydrogen-bond acceptors (Lipinski definition) is 2. The Morgan fingerprint density at radius 2 is 1.57 bits per heavy atom. The molecular weight excluding hydrogens is 393 g/mol. The molecule has 0 saturated carbocycles. The largest absolute Gasteiger partial charge is 0.350 e. The van der Waals surface area contributed by atoms with Gasteiger partial charge in [-0.1, -0.05) is 77.8 Å². The molecule has 0 aliphatic rings. The zero-order valence-corrected chi connectivity index (χ0v) is 16.1. The molecule has 1 heterocycles. The van der Waals surface area contributed by atoms with Gasteiger partial charge in [0.2, 0.25) is 0 Å². The van der Waals surface area contributed by atoms with Gasteiger partial charge in [0, 0.05) is 22.0 Å². The van der Waals surface area contributed by atoms with E-state index in [0.29, 0.717) is 21.5 Å². The lowest BCUT2D eigenvalue weighted by Gasteiger charge is -2.09. The second kappa shape index (κ2) is 7.89. The number of hydrogen-bond donors (Lipinski definition) is 2. The maximum absolute atomic E-state index is 12.6. The molecule has 0 bridgehead atoms. The molecular formula is C22H15Cl2N3O. The van der Waals surface area contributed by atoms with Crippen LogP contribution in [0.4, 0.5) is 0 Å². The summed E-state index contributed by atoms with van der Waals surface area (Å²) in [6, 6.07) is 24.3. The minimum Gasteiger partial charge on any atom is -0.350 e. The third kappa shape index (κ3) is 3.79. The zero-order chi connectivity index (χ0) is 19.5. The van der Waals surface area contributed by atoms with Crippen molar-refractivity contribution >= 4 is 45.7 Å². The van der Waals surface area contributed by atoms with Crippen molar-refractivity contribution in [3.05, 3.63) is 106 Å². The molecule has 0 aliphatic heterocycles. The number of nitrogens with one attached hydrogen (secondary N) is 2. The van der Waals surface area contributed by atoms with E-state index in [1.54, 1.807) is 18.2 Å². The summed E-state index contributed by atoms with van der Waals surface area (Å²) in [4.78, 5) is 15.7. The van der Waals surface area contributed by atoms with Gasteiger partial charge < -0.3 is 4.98 Å². The highest BCUT2D eigenvalue weighted by atomic mass is 35.5. The van der Waals surface area contributed by atoms with Crippen molar-refractivity contribution in [2.24, 2.45) is 5.10 Å². The monoisotopic (exact) mass is 407 g/mol. The highest BCUT2D eigenvalue weighted by Crippen LogP contribution is 2.24. The lowest BCUT2D eigenvalue weighted by molar-refractivity contribution is 0.0951. The maximum atomic E-state index is 12.6. The van der Waals surface area contributed by atoms with Crippen molar-refractivity contribution < 1.29 is 4.79 Å². The smallest absolute Gasteiger partial charge is 0.287 e. The highest BCUT2D eigenvalue weighted by Gasteiger charge is 2.12. The van der Waals surface area contributed by atoms with Crippen LogP contribution in [-0.4, -0.2) is 16.6 Å². The van der Waals surface area contributed by atoms with E-state index in [1.165, 1.54) is 0 Å². The number of para-hydroxylation sites is 1. The molecule has 1 aromatic heterocycles. The van der Waals surface area contributed by atoms with Crippen molar-refractivity contribution in [3.8, 4) is 0 Å². The first-order valence-corrected chi connectivity index (χ1v) is 9.34. The predicted octanol–water partition coefficient (Wildman–Crippen LogP) is 5.66. The molecule has 138 valence electrons. The molecule has 4 aromatic rings. The summed E-state index contributed by atoms with van der Waals surface area (Å²) < 4.78 is 0. The second-order valence-corrected chi connectivity index (χ2v) is 6.98. The van der Waals surface area contributed by atoms with Crippen molar-refractivity contribution in [1.29, 1.82) is 0 Å². The molecule has 0 fully saturated rings. The van der Waals surface area contributed by atoms with E-state index in [0.717, 1.165) is 22.0 Å². The number of aromatic amines is 1. The van der Waals surface area contributed by atoms with Gasteiger partial charge in [0.1, 0.15) is 5.69 Å². The lowest BCUT2D eigenvalue weighted by Crippen LogP contribution is -2.21. The predicted molar refractivity (Wildman–Crippen MR) is 114 cm³/mol. The number of benzene rings is 3. The number of H-pyrrole nitrogens is 1. The van der Waals surface area contributed by atoms with Gasteiger partial charge in [0.25, 0.3) is 5.91 Å². The highest BCUT2D eigenvalue weighted by molar-refractivity contribution is 6.42. The lowest BCUT2D eigenvalue weighted by atomic mass is 10.0. The number of carbonyl (C=O) groups is 1. The van der Waals surface area contributed by atoms with Crippen LogP contribution in [0.3, 0.4) is 0 Å². The molecule has 4 rings (SSSR count). The number of halogens is 2. The molecule has 0 saturated heterocycles. The van der Waals surface area contributed by atoms with E-state index in [9.17, 15) is 4.79 Å². The summed E-state index contributed by atoms with van der Waals surface area (Å²) in [5.41, 5.74) is 6.14. The number of carbonyl (C=O) groups excluding carboxylic acids is 1. The molecule has 4 nitrogen and oxygen atoms in total. The molecule has 3 aromatic carbocycles. The quantitative estimate of drug-likeness (QED) is 0.332. The molecule has 1 amide bonds. The Morgan fingerprint density at radius 3 is 2.32 bits per heavy atom. The summed E-state index contributed by atoms with van der Waals surface area (Å²) in [6.45, 7) is 0. The van der Waals surface area contributed by atoms with Crippen LogP contribution in [0.1, 0.15) is 21.6 Å². The number of aromatic nitrogens is 1. The molecule has 0 spiro atoms. The van der Waals surface area contributed by atoms with Gasteiger partial charge >= 0.3 is 0 Å². The average Bonchev–Trinajstić information content (AvgIpc) is 3.16. The standard InChI is InChI=1S/C22H15Cl2N3O/c23-17-11-10-16(12-18(17)24)21(14-6-2-1-3-7-14)26-27-22(28)20-13-15-8-4-5-9-19(15)25-20/h1-13,25H,(H,27,28)/b26-21+. The first-order valence-electron chi connectivity index (χ1n) is 8.58. The Bertz CT molecular complexity index is 1150. The van der Waals surface area contributed by atoms with Gasteiger partial charge in [0.15, 0.2) is 0 Å². The Labute approximate surface area is 171 Å². The van der Waals surface area contributed by atoms with Gasteiger partial charge in [-0.2, -0.15) is 5.10 Å². The van der Waals surface area contributed by atoms with Crippen LogP contribution in [0.25, 0.3) is 10.9 Å². The SMILES string of the molecule is O=C(N/N=C(\c1ccccc1)c1ccc(Cl)c(Cl)c1)c1cc2ccccc2[nH]1. The Kier molecular flexibility index (Phi) is 5.15. The molecule has 2 N–H and O–H groups in total. The molecule has 6 heteroatoms. The number of hydrazone groups is 1. The Hall–Kier alpha value is -3.08. The van der Waals surface area contributed by atoms with Crippen molar-refractivity contribution in [1.82, 2.24) is 10.4 Å². The third-order valence-electron chi connectivity index (χ3n) is 4.28. The summed E-state index contributed by atoms with van der Waals surface area (Å²) in [7, 11) is 0. The maximum Gasteiger partial charge on any atom is 0.287 e. The summed E-state index contributed by atoms with van der Waals surface area (Å²) in [5, 5.41) is 6.22. The fourth-order valence-corrected chi connectivity index (χ4v) is 3.20. The molecule has 0 unspecified atom stereocenters. The van der Waals surface area contributed by atoms with Crippen LogP contribution in [0.2, 0.25) is 10.0 Å². The topological polar surface area (TPSA) is 57.2 Å². The molecule has 28 heavy (non-hydrogen) atoms. The number of amides is 1. The van der Waals surface area contributed by atoms with Crippen LogP contribution >= 0.6 is 23.2 Å². The van der Waals surface area contributed by atoms with Gasteiger partial charge in [-0.25, -0.2) is 5.43 Å². The van der Waals surface area contributed by atoms with Crippen molar-refractivity contribution in [2.75, 3.05) is 0 Å². The summed E-state index contributed by atoms with van der Waals surface area (Å²) in [5.74, 6) is -0.329. The molecule has 0 atom stereocenters. The minimum atomic E-state index is -0.329. The van der Waals surface area contributed by atoms with E-state index in [-0.39, 0.29) is 5.91 Å². The van der Waals surface area contributed by atoms with Crippen molar-refractivity contribution in [3.63, 3.8) is 0 Å². The van der Waals surface area contributed by atoms with Gasteiger partial charge in [-0.3, -0.25) is 4.79 Å². The average molecular weight is 408 g/mol. The van der Waals surface area contributed by atoms with Crippen LogP contribution in [0.5, 0.6) is 0 Å².